The summed E-state index contributed by atoms with van der Waals surface area (Å²) >= 11 is 0. The van der Waals surface area contributed by atoms with Gasteiger partial charge >= 0.3 is 0 Å². The van der Waals surface area contributed by atoms with Crippen LogP contribution in [0.25, 0.3) is 0 Å². The SMILES string of the molecule is C=CCNC(=O)CNCC(C)c1ccccc1. The molecule has 0 heterocycles. The summed E-state index contributed by atoms with van der Waals surface area (Å²) in [6.07, 6.45) is 1.67. The number of carbonyl (C=O) groups is 1. The predicted molar refractivity (Wildman–Crippen MR) is 70.9 cm³/mol. The Bertz CT molecular complexity index is 348. The van der Waals surface area contributed by atoms with Gasteiger partial charge in [-0.2, -0.15) is 0 Å². The van der Waals surface area contributed by atoms with Gasteiger partial charge in [0, 0.05) is 13.1 Å². The molecule has 0 saturated heterocycles. The van der Waals surface area contributed by atoms with Crippen molar-refractivity contribution in [3.8, 4) is 0 Å². The van der Waals surface area contributed by atoms with Crippen molar-refractivity contribution in [2.24, 2.45) is 0 Å². The smallest absolute Gasteiger partial charge is 0.234 e. The maximum atomic E-state index is 11.3. The van der Waals surface area contributed by atoms with E-state index in [0.717, 1.165) is 6.54 Å². The molecule has 0 bridgehead atoms. The molecule has 92 valence electrons. The van der Waals surface area contributed by atoms with Crippen molar-refractivity contribution in [1.82, 2.24) is 10.6 Å². The molecule has 1 amide bonds. The standard InChI is InChI=1S/C14H20N2O/c1-3-9-16-14(17)11-15-10-12(2)13-7-5-4-6-8-13/h3-8,12,15H,1,9-11H2,2H3,(H,16,17). The van der Waals surface area contributed by atoms with Gasteiger partial charge in [0.2, 0.25) is 5.91 Å². The van der Waals surface area contributed by atoms with Crippen LogP contribution in [0.4, 0.5) is 0 Å². The molecule has 1 aromatic carbocycles. The number of hydrogen-bond donors (Lipinski definition) is 2. The Morgan fingerprint density at radius 1 is 1.41 bits per heavy atom. The van der Waals surface area contributed by atoms with E-state index in [-0.39, 0.29) is 5.91 Å². The third-order valence-corrected chi connectivity index (χ3v) is 2.55. The highest BCUT2D eigenvalue weighted by molar-refractivity contribution is 5.78. The van der Waals surface area contributed by atoms with Crippen LogP contribution >= 0.6 is 0 Å². The highest BCUT2D eigenvalue weighted by Gasteiger charge is 2.05. The van der Waals surface area contributed by atoms with Crippen LogP contribution in [0.1, 0.15) is 18.4 Å². The van der Waals surface area contributed by atoms with Crippen molar-refractivity contribution < 1.29 is 4.79 Å². The second kappa shape index (κ2) is 7.63. The molecular formula is C14H20N2O. The molecule has 0 aliphatic rings. The molecule has 0 fully saturated rings. The monoisotopic (exact) mass is 232 g/mol. The van der Waals surface area contributed by atoms with Crippen molar-refractivity contribution >= 4 is 5.91 Å². The van der Waals surface area contributed by atoms with Gasteiger partial charge in [-0.15, -0.1) is 6.58 Å². The molecule has 0 radical (unpaired) electrons. The molecule has 2 N–H and O–H groups in total. The third-order valence-electron chi connectivity index (χ3n) is 2.55. The summed E-state index contributed by atoms with van der Waals surface area (Å²) in [6.45, 7) is 7.36. The molecule has 0 aliphatic carbocycles. The minimum Gasteiger partial charge on any atom is -0.352 e. The Kier molecular flexibility index (Phi) is 6.04. The second-order valence-electron chi connectivity index (χ2n) is 4.04. The first-order valence-electron chi connectivity index (χ1n) is 5.87. The summed E-state index contributed by atoms with van der Waals surface area (Å²) in [7, 11) is 0. The van der Waals surface area contributed by atoms with E-state index in [4.69, 9.17) is 0 Å². The molecule has 1 unspecified atom stereocenters. The van der Waals surface area contributed by atoms with Crippen LogP contribution in [-0.2, 0) is 4.79 Å². The molecule has 3 heteroatoms. The number of nitrogens with one attached hydrogen (secondary N) is 2. The lowest BCUT2D eigenvalue weighted by Gasteiger charge is -2.12. The molecule has 1 rings (SSSR count). The van der Waals surface area contributed by atoms with Crippen LogP contribution in [0, 0.1) is 0 Å². The van der Waals surface area contributed by atoms with Gasteiger partial charge < -0.3 is 10.6 Å². The lowest BCUT2D eigenvalue weighted by atomic mass is 10.0. The second-order valence-corrected chi connectivity index (χ2v) is 4.04. The third kappa shape index (κ3) is 5.31. The number of carbonyl (C=O) groups excluding carboxylic acids is 1. The lowest BCUT2D eigenvalue weighted by Crippen LogP contribution is -2.35. The molecule has 1 aromatic rings. The van der Waals surface area contributed by atoms with Gasteiger partial charge in [-0.25, -0.2) is 0 Å². The zero-order valence-electron chi connectivity index (χ0n) is 10.3. The summed E-state index contributed by atoms with van der Waals surface area (Å²) in [5.74, 6) is 0.411. The first-order valence-corrected chi connectivity index (χ1v) is 5.87. The van der Waals surface area contributed by atoms with Gasteiger partial charge in [0.1, 0.15) is 0 Å². The van der Waals surface area contributed by atoms with Crippen LogP contribution in [0.2, 0.25) is 0 Å². The van der Waals surface area contributed by atoms with E-state index in [1.54, 1.807) is 6.08 Å². The number of rotatable bonds is 7. The summed E-state index contributed by atoms with van der Waals surface area (Å²) < 4.78 is 0. The molecule has 1 atom stereocenters. The highest BCUT2D eigenvalue weighted by Crippen LogP contribution is 2.12. The van der Waals surface area contributed by atoms with E-state index in [1.807, 2.05) is 18.2 Å². The van der Waals surface area contributed by atoms with Gasteiger partial charge in [-0.1, -0.05) is 43.3 Å². The Morgan fingerprint density at radius 3 is 2.76 bits per heavy atom. The van der Waals surface area contributed by atoms with Gasteiger partial charge in [-0.05, 0) is 11.5 Å². The van der Waals surface area contributed by atoms with E-state index in [1.165, 1.54) is 5.56 Å². The van der Waals surface area contributed by atoms with Crippen LogP contribution in [0.15, 0.2) is 43.0 Å². The average molecular weight is 232 g/mol. The molecule has 0 aliphatic heterocycles. The molecular weight excluding hydrogens is 212 g/mol. The van der Waals surface area contributed by atoms with Gasteiger partial charge in [0.25, 0.3) is 0 Å². The van der Waals surface area contributed by atoms with Gasteiger partial charge in [0.05, 0.1) is 6.54 Å². The fraction of sp³-hybridized carbons (Fsp3) is 0.357. The van der Waals surface area contributed by atoms with Crippen LogP contribution < -0.4 is 10.6 Å². The Labute approximate surface area is 103 Å². The fourth-order valence-electron chi connectivity index (χ4n) is 1.55. The first kappa shape index (κ1) is 13.5. The summed E-state index contributed by atoms with van der Waals surface area (Å²) in [4.78, 5) is 11.3. The summed E-state index contributed by atoms with van der Waals surface area (Å²) in [5, 5.41) is 5.87. The van der Waals surface area contributed by atoms with E-state index in [0.29, 0.717) is 19.0 Å². The largest absolute Gasteiger partial charge is 0.352 e. The Hall–Kier alpha value is -1.61. The van der Waals surface area contributed by atoms with Gasteiger partial charge in [-0.3, -0.25) is 4.79 Å². The summed E-state index contributed by atoms with van der Waals surface area (Å²) in [6, 6.07) is 10.3. The van der Waals surface area contributed by atoms with E-state index in [9.17, 15) is 4.79 Å². The molecule has 0 spiro atoms. The van der Waals surface area contributed by atoms with Crippen molar-refractivity contribution in [2.45, 2.75) is 12.8 Å². The van der Waals surface area contributed by atoms with Crippen LogP contribution in [0.3, 0.4) is 0 Å². The van der Waals surface area contributed by atoms with Crippen molar-refractivity contribution in [1.29, 1.82) is 0 Å². The van der Waals surface area contributed by atoms with Crippen molar-refractivity contribution in [3.05, 3.63) is 48.6 Å². The van der Waals surface area contributed by atoms with E-state index < -0.39 is 0 Å². The van der Waals surface area contributed by atoms with Crippen LogP contribution in [0.5, 0.6) is 0 Å². The minimum absolute atomic E-state index is 0.00478. The molecule has 3 nitrogen and oxygen atoms in total. The highest BCUT2D eigenvalue weighted by atomic mass is 16.1. The zero-order chi connectivity index (χ0) is 12.5. The van der Waals surface area contributed by atoms with E-state index >= 15 is 0 Å². The molecule has 17 heavy (non-hydrogen) atoms. The maximum Gasteiger partial charge on any atom is 0.234 e. The number of benzene rings is 1. The fourth-order valence-corrected chi connectivity index (χ4v) is 1.55. The average Bonchev–Trinajstić information content (AvgIpc) is 2.37. The maximum absolute atomic E-state index is 11.3. The predicted octanol–water partition coefficient (Wildman–Crippen LogP) is 1.68. The Balaban J connectivity index is 2.22. The summed E-state index contributed by atoms with van der Waals surface area (Å²) in [5.41, 5.74) is 1.28. The van der Waals surface area contributed by atoms with Gasteiger partial charge in [0.15, 0.2) is 0 Å². The van der Waals surface area contributed by atoms with Crippen molar-refractivity contribution in [2.75, 3.05) is 19.6 Å². The first-order chi connectivity index (χ1) is 8.24. The Morgan fingerprint density at radius 2 is 2.12 bits per heavy atom. The minimum atomic E-state index is 0.00478. The molecule has 0 saturated carbocycles. The number of amides is 1. The normalized spacial score (nSPS) is 11.8. The lowest BCUT2D eigenvalue weighted by molar-refractivity contribution is -0.120. The van der Waals surface area contributed by atoms with E-state index in [2.05, 4.69) is 36.3 Å². The van der Waals surface area contributed by atoms with Crippen LogP contribution in [-0.4, -0.2) is 25.5 Å². The zero-order valence-corrected chi connectivity index (χ0v) is 10.3. The number of hydrogen-bond acceptors (Lipinski definition) is 2. The topological polar surface area (TPSA) is 41.1 Å². The quantitative estimate of drug-likeness (QED) is 0.702. The molecule has 0 aromatic heterocycles. The van der Waals surface area contributed by atoms with Crippen molar-refractivity contribution in [3.63, 3.8) is 0 Å².